The van der Waals surface area contributed by atoms with Gasteiger partial charge < -0.3 is 10.3 Å². The molecule has 0 aliphatic heterocycles. The molecular weight excluding hydrogens is 508 g/mol. The first-order chi connectivity index (χ1) is 18.3. The van der Waals surface area contributed by atoms with E-state index < -0.39 is 9.84 Å². The van der Waals surface area contributed by atoms with Gasteiger partial charge in [0.1, 0.15) is 11.1 Å². The van der Waals surface area contributed by atoms with Gasteiger partial charge in [0.25, 0.3) is 11.1 Å². The highest BCUT2D eigenvalue weighted by Crippen LogP contribution is 2.41. The van der Waals surface area contributed by atoms with Crippen LogP contribution in [0.5, 0.6) is 0 Å². The monoisotopic (exact) mass is 536 g/mol. The molecule has 1 saturated carbocycles. The summed E-state index contributed by atoms with van der Waals surface area (Å²) in [6.07, 6.45) is 7.74. The third-order valence-corrected chi connectivity index (χ3v) is 8.18. The summed E-state index contributed by atoms with van der Waals surface area (Å²) in [6.45, 7) is 4.19. The Labute approximate surface area is 218 Å². The first-order valence-electron chi connectivity index (χ1n) is 12.6. The van der Waals surface area contributed by atoms with Gasteiger partial charge in [0.2, 0.25) is 0 Å². The second kappa shape index (κ2) is 10.4. The fourth-order valence-corrected chi connectivity index (χ4v) is 4.95. The number of aromatic nitrogens is 7. The summed E-state index contributed by atoms with van der Waals surface area (Å²) in [7, 11) is -3.35. The summed E-state index contributed by atoms with van der Waals surface area (Å²) in [5, 5.41) is 3.02. The molecule has 38 heavy (non-hydrogen) atoms. The zero-order valence-corrected chi connectivity index (χ0v) is 22.0. The van der Waals surface area contributed by atoms with Gasteiger partial charge in [-0.1, -0.05) is 20.3 Å². The van der Waals surface area contributed by atoms with Crippen LogP contribution in [0.3, 0.4) is 0 Å². The lowest BCUT2D eigenvalue weighted by molar-refractivity contribution is 0.596. The van der Waals surface area contributed by atoms with Gasteiger partial charge in [0.05, 0.1) is 41.1 Å². The van der Waals surface area contributed by atoms with E-state index >= 15 is 0 Å². The van der Waals surface area contributed by atoms with E-state index in [0.29, 0.717) is 34.7 Å². The number of aryl methyl sites for hydroxylation is 1. The highest BCUT2D eigenvalue weighted by Gasteiger charge is 2.30. The molecule has 0 saturated heterocycles. The van der Waals surface area contributed by atoms with Crippen molar-refractivity contribution in [2.24, 2.45) is 0 Å². The van der Waals surface area contributed by atoms with E-state index in [9.17, 15) is 18.0 Å². The molecule has 0 atom stereocenters. The summed E-state index contributed by atoms with van der Waals surface area (Å²) in [4.78, 5) is 51.0. The first-order valence-corrected chi connectivity index (χ1v) is 14.2. The quantitative estimate of drug-likeness (QED) is 0.307. The van der Waals surface area contributed by atoms with E-state index in [1.54, 1.807) is 17.6 Å². The van der Waals surface area contributed by atoms with E-state index in [2.05, 4.69) is 35.2 Å². The third-order valence-electron chi connectivity index (χ3n) is 6.46. The van der Waals surface area contributed by atoms with Crippen molar-refractivity contribution in [2.75, 3.05) is 11.1 Å². The van der Waals surface area contributed by atoms with Crippen molar-refractivity contribution in [3.05, 3.63) is 62.9 Å². The molecule has 198 valence electrons. The topological polar surface area (TPSA) is 165 Å². The number of fused-ring (bicyclic) bond motifs is 1. The minimum absolute atomic E-state index is 0.00850. The fourth-order valence-electron chi connectivity index (χ4n) is 4.13. The van der Waals surface area contributed by atoms with Crippen molar-refractivity contribution < 1.29 is 8.42 Å². The van der Waals surface area contributed by atoms with E-state index in [4.69, 9.17) is 0 Å². The molecule has 0 unspecified atom stereocenters. The molecule has 13 heteroatoms. The maximum atomic E-state index is 13.4. The first kappa shape index (κ1) is 25.6. The number of aromatic amines is 1. The number of unbranched alkanes of at least 4 members (excludes halogenated alkanes) is 1. The molecule has 1 fully saturated rings. The standard InChI is InChI=1S/C25H28N8O4S/c1-3-5-10-33-23-18(13-28-21(32-23)19-20(15-6-7-15)29-14-30-24(19)34)31-22(25(33)35)27-11-16-8-9-17(12-26-16)38(36,37)4-2/h8-9,12-15H,3-7,10-11H2,1-2H3,(H,27,31)(H,29,30,34). The molecule has 0 aromatic carbocycles. The Bertz CT molecular complexity index is 1710. The Morgan fingerprint density at radius 2 is 1.89 bits per heavy atom. The van der Waals surface area contributed by atoms with Crippen LogP contribution in [0.2, 0.25) is 0 Å². The average Bonchev–Trinajstić information content (AvgIpc) is 3.77. The lowest BCUT2D eigenvalue weighted by Gasteiger charge is -2.13. The van der Waals surface area contributed by atoms with Gasteiger partial charge in [-0.15, -0.1) is 0 Å². The second-order valence-corrected chi connectivity index (χ2v) is 11.5. The van der Waals surface area contributed by atoms with Crippen LogP contribution < -0.4 is 16.4 Å². The van der Waals surface area contributed by atoms with Crippen molar-refractivity contribution in [2.45, 2.75) is 63.4 Å². The van der Waals surface area contributed by atoms with Crippen LogP contribution in [0, 0.1) is 0 Å². The Kier molecular flexibility index (Phi) is 7.02. The Morgan fingerprint density at radius 1 is 1.08 bits per heavy atom. The molecule has 12 nitrogen and oxygen atoms in total. The zero-order chi connectivity index (χ0) is 26.9. The van der Waals surface area contributed by atoms with Crippen LogP contribution in [-0.4, -0.2) is 48.6 Å². The predicted octanol–water partition coefficient (Wildman–Crippen LogP) is 2.42. The third kappa shape index (κ3) is 5.05. The summed E-state index contributed by atoms with van der Waals surface area (Å²) < 4.78 is 25.6. The predicted molar refractivity (Wildman–Crippen MR) is 142 cm³/mol. The number of sulfone groups is 1. The number of rotatable bonds is 10. The largest absolute Gasteiger partial charge is 0.360 e. The van der Waals surface area contributed by atoms with E-state index in [0.717, 1.165) is 25.7 Å². The summed E-state index contributed by atoms with van der Waals surface area (Å²) in [5.74, 6) is 0.524. The molecule has 4 aromatic rings. The van der Waals surface area contributed by atoms with Gasteiger partial charge >= 0.3 is 0 Å². The van der Waals surface area contributed by atoms with Crippen LogP contribution in [0.15, 0.2) is 45.3 Å². The van der Waals surface area contributed by atoms with Crippen molar-refractivity contribution in [3.63, 3.8) is 0 Å². The minimum atomic E-state index is -3.35. The van der Waals surface area contributed by atoms with Crippen molar-refractivity contribution in [3.8, 4) is 11.4 Å². The fraction of sp³-hybridized carbons (Fsp3) is 0.400. The van der Waals surface area contributed by atoms with Crippen molar-refractivity contribution in [1.82, 2.24) is 34.5 Å². The molecule has 4 heterocycles. The van der Waals surface area contributed by atoms with Crippen LogP contribution >= 0.6 is 0 Å². The molecule has 5 rings (SSSR count). The van der Waals surface area contributed by atoms with Crippen LogP contribution in [0.4, 0.5) is 5.82 Å². The number of nitrogens with one attached hydrogen (secondary N) is 2. The minimum Gasteiger partial charge on any atom is -0.360 e. The van der Waals surface area contributed by atoms with Crippen LogP contribution in [0.25, 0.3) is 22.6 Å². The number of H-pyrrole nitrogens is 1. The Morgan fingerprint density at radius 3 is 2.58 bits per heavy atom. The zero-order valence-electron chi connectivity index (χ0n) is 21.1. The molecule has 2 N–H and O–H groups in total. The SMILES string of the molecule is CCCCn1c(=O)c(NCc2ccc(S(=O)(=O)CC)cn2)nc2cnc(-c3c(C4CC4)nc[nH]c3=O)nc21. The van der Waals surface area contributed by atoms with Gasteiger partial charge in [-0.25, -0.2) is 28.4 Å². The lowest BCUT2D eigenvalue weighted by Crippen LogP contribution is -2.27. The molecule has 0 radical (unpaired) electrons. The smallest absolute Gasteiger partial charge is 0.294 e. The van der Waals surface area contributed by atoms with Gasteiger partial charge in [-0.2, -0.15) is 0 Å². The molecule has 1 aliphatic rings. The maximum absolute atomic E-state index is 13.4. The summed E-state index contributed by atoms with van der Waals surface area (Å²) in [6, 6.07) is 3.10. The van der Waals surface area contributed by atoms with Crippen molar-refractivity contribution >= 4 is 26.8 Å². The number of hydrogen-bond acceptors (Lipinski definition) is 10. The van der Waals surface area contributed by atoms with Gasteiger partial charge in [0, 0.05) is 18.7 Å². The molecular formula is C25H28N8O4S. The Hall–Kier alpha value is -4.00. The van der Waals surface area contributed by atoms with E-state index in [1.807, 2.05) is 6.92 Å². The summed E-state index contributed by atoms with van der Waals surface area (Å²) in [5.41, 5.74) is 1.62. The van der Waals surface area contributed by atoms with Gasteiger partial charge in [-0.3, -0.25) is 19.1 Å². The second-order valence-electron chi connectivity index (χ2n) is 9.18. The lowest BCUT2D eigenvalue weighted by atomic mass is 10.1. The molecule has 0 spiro atoms. The number of nitrogens with zero attached hydrogens (tertiary/aromatic N) is 6. The Balaban J connectivity index is 1.51. The average molecular weight is 537 g/mol. The van der Waals surface area contributed by atoms with E-state index in [-0.39, 0.29) is 45.9 Å². The number of anilines is 1. The van der Waals surface area contributed by atoms with Crippen LogP contribution in [0.1, 0.15) is 56.8 Å². The summed E-state index contributed by atoms with van der Waals surface area (Å²) >= 11 is 0. The van der Waals surface area contributed by atoms with Crippen molar-refractivity contribution in [1.29, 1.82) is 0 Å². The molecule has 0 bridgehead atoms. The van der Waals surface area contributed by atoms with Gasteiger partial charge in [-0.05, 0) is 31.4 Å². The highest BCUT2D eigenvalue weighted by molar-refractivity contribution is 7.91. The molecule has 0 amide bonds. The number of pyridine rings is 1. The normalized spacial score (nSPS) is 13.6. The number of hydrogen-bond donors (Lipinski definition) is 2. The highest BCUT2D eigenvalue weighted by atomic mass is 32.2. The van der Waals surface area contributed by atoms with E-state index in [1.165, 1.54) is 24.8 Å². The van der Waals surface area contributed by atoms with Gasteiger partial charge in [0.15, 0.2) is 27.1 Å². The van der Waals surface area contributed by atoms with Crippen LogP contribution in [-0.2, 0) is 22.9 Å². The molecule has 4 aromatic heterocycles. The molecule has 1 aliphatic carbocycles. The maximum Gasteiger partial charge on any atom is 0.294 e.